The Morgan fingerprint density at radius 2 is 1.84 bits per heavy atom. The molecule has 3 rings (SSSR count). The van der Waals surface area contributed by atoms with Crippen LogP contribution in [0.5, 0.6) is 0 Å². The van der Waals surface area contributed by atoms with Crippen molar-refractivity contribution in [3.05, 3.63) is 54.0 Å². The summed E-state index contributed by atoms with van der Waals surface area (Å²) in [6.45, 7) is 1.50. The van der Waals surface area contributed by atoms with Gasteiger partial charge in [-0.3, -0.25) is 9.59 Å². The molecular weight excluding hydrogens is 398 g/mol. The van der Waals surface area contributed by atoms with Crippen LogP contribution in [0.3, 0.4) is 0 Å². The van der Waals surface area contributed by atoms with Crippen molar-refractivity contribution < 1.29 is 23.5 Å². The first-order valence-electron chi connectivity index (χ1n) is 10.2. The predicted molar refractivity (Wildman–Crippen MR) is 112 cm³/mol. The van der Waals surface area contributed by atoms with Crippen LogP contribution in [-0.2, 0) is 9.53 Å². The van der Waals surface area contributed by atoms with E-state index < -0.39 is 29.4 Å². The van der Waals surface area contributed by atoms with E-state index in [1.54, 1.807) is 31.3 Å². The summed E-state index contributed by atoms with van der Waals surface area (Å²) in [7, 11) is 1.59. The number of hydrogen-bond donors (Lipinski definition) is 1. The van der Waals surface area contributed by atoms with Gasteiger partial charge in [-0.2, -0.15) is 5.26 Å². The lowest BCUT2D eigenvalue weighted by atomic mass is 9.81. The highest BCUT2D eigenvalue weighted by molar-refractivity contribution is 6.02. The number of anilines is 1. The fourth-order valence-electron chi connectivity index (χ4n) is 3.71. The number of likely N-dealkylation sites (N-methyl/N-ethyl adjacent to an activating group) is 1. The summed E-state index contributed by atoms with van der Waals surface area (Å²) in [4.78, 5) is 38.7. The number of benzene rings is 1. The number of carbonyl (C=O) groups excluding carboxylic acids is 3. The van der Waals surface area contributed by atoms with Gasteiger partial charge in [0.1, 0.15) is 5.54 Å². The molecule has 1 saturated carbocycles. The molecule has 162 valence electrons. The smallest absolute Gasteiger partial charge is 0.338 e. The van der Waals surface area contributed by atoms with Crippen LogP contribution in [0.25, 0.3) is 0 Å². The summed E-state index contributed by atoms with van der Waals surface area (Å²) in [5, 5.41) is 12.3. The molecule has 0 bridgehead atoms. The maximum absolute atomic E-state index is 12.8. The van der Waals surface area contributed by atoms with E-state index in [2.05, 4.69) is 11.4 Å². The average molecular weight is 423 g/mol. The normalized spacial score (nSPS) is 15.9. The first-order valence-corrected chi connectivity index (χ1v) is 10.2. The van der Waals surface area contributed by atoms with Gasteiger partial charge in [0, 0.05) is 12.7 Å². The van der Waals surface area contributed by atoms with Crippen molar-refractivity contribution in [1.29, 1.82) is 5.26 Å². The Kier molecular flexibility index (Phi) is 6.75. The molecule has 0 unspecified atom stereocenters. The second-order valence-corrected chi connectivity index (χ2v) is 7.66. The van der Waals surface area contributed by atoms with Gasteiger partial charge in [0.15, 0.2) is 11.9 Å². The van der Waals surface area contributed by atoms with Gasteiger partial charge in [0.2, 0.25) is 0 Å². The van der Waals surface area contributed by atoms with Gasteiger partial charge in [-0.05, 0) is 56.2 Å². The highest BCUT2D eigenvalue weighted by atomic mass is 16.5. The molecule has 2 amide bonds. The Hall–Kier alpha value is -3.60. The molecule has 1 aromatic heterocycles. The third-order valence-corrected chi connectivity index (χ3v) is 5.62. The van der Waals surface area contributed by atoms with E-state index in [9.17, 15) is 19.6 Å². The predicted octanol–water partition coefficient (Wildman–Crippen LogP) is 3.76. The standard InChI is InChI=1S/C23H25N3O5/c1-16(21(28)26(2)23(15-24)12-4-3-5-13-23)31-22(29)17-8-10-18(11-9-17)25-20(27)19-7-6-14-30-19/h6-11,14,16H,3-5,12-13H2,1-2H3,(H,25,27)/t16-/m0/s1. The summed E-state index contributed by atoms with van der Waals surface area (Å²) in [5.74, 6) is -1.29. The van der Waals surface area contributed by atoms with Gasteiger partial charge < -0.3 is 19.4 Å². The van der Waals surface area contributed by atoms with E-state index in [0.29, 0.717) is 18.5 Å². The molecule has 8 heteroatoms. The average Bonchev–Trinajstić information content (AvgIpc) is 3.34. The van der Waals surface area contributed by atoms with E-state index in [1.807, 2.05) is 0 Å². The number of furan rings is 1. The summed E-state index contributed by atoms with van der Waals surface area (Å²) >= 11 is 0. The van der Waals surface area contributed by atoms with Gasteiger partial charge >= 0.3 is 5.97 Å². The van der Waals surface area contributed by atoms with Crippen molar-refractivity contribution in [3.8, 4) is 6.07 Å². The molecule has 2 aromatic rings. The van der Waals surface area contributed by atoms with Crippen LogP contribution in [0.15, 0.2) is 47.1 Å². The van der Waals surface area contributed by atoms with E-state index in [4.69, 9.17) is 9.15 Å². The molecule has 0 radical (unpaired) electrons. The number of esters is 1. The number of rotatable bonds is 6. The highest BCUT2D eigenvalue weighted by Crippen LogP contribution is 2.33. The van der Waals surface area contributed by atoms with Crippen LogP contribution in [0.1, 0.15) is 59.9 Å². The fourth-order valence-corrected chi connectivity index (χ4v) is 3.71. The minimum Gasteiger partial charge on any atom is -0.459 e. The van der Waals surface area contributed by atoms with E-state index in [0.717, 1.165) is 19.3 Å². The van der Waals surface area contributed by atoms with Crippen LogP contribution < -0.4 is 5.32 Å². The fraction of sp³-hybridized carbons (Fsp3) is 0.391. The lowest BCUT2D eigenvalue weighted by Crippen LogP contribution is -2.53. The van der Waals surface area contributed by atoms with Crippen LogP contribution in [0.4, 0.5) is 5.69 Å². The Balaban J connectivity index is 1.59. The molecule has 1 atom stereocenters. The van der Waals surface area contributed by atoms with Crippen LogP contribution >= 0.6 is 0 Å². The van der Waals surface area contributed by atoms with Gasteiger partial charge in [-0.15, -0.1) is 0 Å². The maximum atomic E-state index is 12.8. The van der Waals surface area contributed by atoms with E-state index in [-0.39, 0.29) is 11.3 Å². The highest BCUT2D eigenvalue weighted by Gasteiger charge is 2.40. The molecule has 0 aliphatic heterocycles. The number of carbonyl (C=O) groups is 3. The summed E-state index contributed by atoms with van der Waals surface area (Å²) < 4.78 is 10.4. The molecule has 8 nitrogen and oxygen atoms in total. The molecule has 0 saturated heterocycles. The topological polar surface area (TPSA) is 113 Å². The monoisotopic (exact) mass is 423 g/mol. The number of nitrogens with one attached hydrogen (secondary N) is 1. The molecule has 0 spiro atoms. The molecule has 31 heavy (non-hydrogen) atoms. The zero-order valence-electron chi connectivity index (χ0n) is 17.6. The Morgan fingerprint density at radius 3 is 2.42 bits per heavy atom. The molecule has 1 fully saturated rings. The molecule has 1 heterocycles. The van der Waals surface area contributed by atoms with Crippen molar-refractivity contribution in [3.63, 3.8) is 0 Å². The van der Waals surface area contributed by atoms with Crippen molar-refractivity contribution in [2.24, 2.45) is 0 Å². The second kappa shape index (κ2) is 9.47. The number of amides is 2. The first-order chi connectivity index (χ1) is 14.9. The number of nitrogens with zero attached hydrogens (tertiary/aromatic N) is 2. The molecule has 1 aliphatic carbocycles. The Bertz CT molecular complexity index is 970. The minimum absolute atomic E-state index is 0.174. The van der Waals surface area contributed by atoms with Crippen LogP contribution in [0, 0.1) is 11.3 Å². The maximum Gasteiger partial charge on any atom is 0.338 e. The lowest BCUT2D eigenvalue weighted by molar-refractivity contribution is -0.143. The van der Waals surface area contributed by atoms with Gasteiger partial charge in [-0.25, -0.2) is 4.79 Å². The quantitative estimate of drug-likeness (QED) is 0.708. The third-order valence-electron chi connectivity index (χ3n) is 5.62. The lowest BCUT2D eigenvalue weighted by Gasteiger charge is -2.39. The van der Waals surface area contributed by atoms with Crippen molar-refractivity contribution in [1.82, 2.24) is 4.90 Å². The van der Waals surface area contributed by atoms with Gasteiger partial charge in [-0.1, -0.05) is 19.3 Å². The largest absolute Gasteiger partial charge is 0.459 e. The van der Waals surface area contributed by atoms with Gasteiger partial charge in [0.05, 0.1) is 17.9 Å². The first kappa shape index (κ1) is 22.1. The van der Waals surface area contributed by atoms with Gasteiger partial charge in [0.25, 0.3) is 11.8 Å². The van der Waals surface area contributed by atoms with E-state index >= 15 is 0 Å². The molecule has 1 N–H and O–H groups in total. The number of hydrogen-bond acceptors (Lipinski definition) is 6. The zero-order valence-corrected chi connectivity index (χ0v) is 17.6. The summed E-state index contributed by atoms with van der Waals surface area (Å²) in [5.41, 5.74) is -0.120. The Labute approximate surface area is 180 Å². The van der Waals surface area contributed by atoms with Crippen molar-refractivity contribution >= 4 is 23.5 Å². The second-order valence-electron chi connectivity index (χ2n) is 7.66. The van der Waals surface area contributed by atoms with Crippen LogP contribution in [-0.4, -0.2) is 41.4 Å². The summed E-state index contributed by atoms with van der Waals surface area (Å²) in [6.07, 6.45) is 4.46. The van der Waals surface area contributed by atoms with Crippen LogP contribution in [0.2, 0.25) is 0 Å². The van der Waals surface area contributed by atoms with E-state index in [1.165, 1.54) is 30.2 Å². The number of ether oxygens (including phenoxy) is 1. The molecule has 1 aliphatic rings. The van der Waals surface area contributed by atoms with Crippen molar-refractivity contribution in [2.45, 2.75) is 50.7 Å². The SMILES string of the molecule is C[C@H](OC(=O)c1ccc(NC(=O)c2ccco2)cc1)C(=O)N(C)C1(C#N)CCCCC1. The third kappa shape index (κ3) is 4.94. The molecule has 1 aromatic carbocycles. The Morgan fingerprint density at radius 1 is 1.16 bits per heavy atom. The molecular formula is C23H25N3O5. The van der Waals surface area contributed by atoms with Crippen molar-refractivity contribution in [2.75, 3.05) is 12.4 Å². The number of nitriles is 1. The minimum atomic E-state index is -1.03. The zero-order chi connectivity index (χ0) is 22.4. The summed E-state index contributed by atoms with van der Waals surface area (Å²) in [6, 6.07) is 11.6.